The predicted molar refractivity (Wildman–Crippen MR) is 107 cm³/mol. The van der Waals surface area contributed by atoms with Crippen molar-refractivity contribution >= 4 is 11.8 Å². The molecule has 2 saturated heterocycles. The number of likely N-dealkylation sites (tertiary alicyclic amines) is 2. The number of ether oxygens (including phenoxy) is 1. The Morgan fingerprint density at radius 2 is 2.04 bits per heavy atom. The summed E-state index contributed by atoms with van der Waals surface area (Å²) in [5.41, 5.74) is 1.49. The molecule has 0 aliphatic carbocycles. The summed E-state index contributed by atoms with van der Waals surface area (Å²) in [7, 11) is 1.64. The van der Waals surface area contributed by atoms with E-state index in [1.54, 1.807) is 13.3 Å². The molecule has 0 radical (unpaired) electrons. The second-order valence-electron chi connectivity index (χ2n) is 7.78. The first-order chi connectivity index (χ1) is 13.6. The highest BCUT2D eigenvalue weighted by Gasteiger charge is 2.32. The van der Waals surface area contributed by atoms with Crippen LogP contribution in [0.1, 0.15) is 41.7 Å². The number of piperidine rings is 2. The van der Waals surface area contributed by atoms with E-state index in [0.29, 0.717) is 24.8 Å². The van der Waals surface area contributed by atoms with Crippen molar-refractivity contribution in [2.75, 3.05) is 46.4 Å². The first-order valence-electron chi connectivity index (χ1n) is 10.3. The smallest absolute Gasteiger partial charge is 0.255 e. The fourth-order valence-electron chi connectivity index (χ4n) is 4.29. The maximum absolute atomic E-state index is 12.8. The number of nitrogens with zero attached hydrogens (tertiary/aromatic N) is 3. The van der Waals surface area contributed by atoms with E-state index in [0.717, 1.165) is 57.6 Å². The van der Waals surface area contributed by atoms with Crippen molar-refractivity contribution in [1.82, 2.24) is 20.1 Å². The summed E-state index contributed by atoms with van der Waals surface area (Å²) < 4.78 is 5.00. The number of aromatic nitrogens is 1. The van der Waals surface area contributed by atoms with E-state index in [1.165, 1.54) is 0 Å². The lowest BCUT2D eigenvalue weighted by atomic mass is 9.93. The lowest BCUT2D eigenvalue weighted by molar-refractivity contribution is -0.127. The van der Waals surface area contributed by atoms with Crippen LogP contribution in [0.2, 0.25) is 0 Å². The number of pyridine rings is 1. The fraction of sp³-hybridized carbons (Fsp3) is 0.667. The topological polar surface area (TPSA) is 74.8 Å². The molecule has 0 aromatic carbocycles. The maximum Gasteiger partial charge on any atom is 0.255 e. The summed E-state index contributed by atoms with van der Waals surface area (Å²) in [6.07, 6.45) is 5.64. The van der Waals surface area contributed by atoms with E-state index >= 15 is 0 Å². The molecule has 7 heteroatoms. The van der Waals surface area contributed by atoms with Crippen molar-refractivity contribution in [3.63, 3.8) is 0 Å². The number of hydrogen-bond acceptors (Lipinski definition) is 5. The number of hydrogen-bond donors (Lipinski definition) is 1. The first-order valence-corrected chi connectivity index (χ1v) is 10.3. The van der Waals surface area contributed by atoms with Gasteiger partial charge in [0.25, 0.3) is 5.91 Å². The molecule has 154 valence electrons. The van der Waals surface area contributed by atoms with Gasteiger partial charge in [0, 0.05) is 51.2 Å². The molecule has 2 aliphatic heterocycles. The molecule has 0 saturated carbocycles. The highest BCUT2D eigenvalue weighted by Crippen LogP contribution is 2.25. The van der Waals surface area contributed by atoms with Gasteiger partial charge >= 0.3 is 0 Å². The molecular formula is C21H32N4O3. The van der Waals surface area contributed by atoms with Gasteiger partial charge in [0.15, 0.2) is 0 Å². The van der Waals surface area contributed by atoms with E-state index in [9.17, 15) is 9.59 Å². The molecule has 1 aromatic rings. The van der Waals surface area contributed by atoms with E-state index in [1.807, 2.05) is 24.0 Å². The molecule has 2 amide bonds. The monoisotopic (exact) mass is 388 g/mol. The molecule has 0 bridgehead atoms. The minimum Gasteiger partial charge on any atom is -0.383 e. The Morgan fingerprint density at radius 3 is 2.75 bits per heavy atom. The molecule has 1 N–H and O–H groups in total. The van der Waals surface area contributed by atoms with Gasteiger partial charge in [0.1, 0.15) is 0 Å². The fourth-order valence-corrected chi connectivity index (χ4v) is 4.29. The van der Waals surface area contributed by atoms with Crippen molar-refractivity contribution in [2.45, 2.75) is 38.6 Å². The van der Waals surface area contributed by atoms with Gasteiger partial charge in [-0.1, -0.05) is 0 Å². The van der Waals surface area contributed by atoms with Crippen LogP contribution in [0.3, 0.4) is 0 Å². The van der Waals surface area contributed by atoms with Crippen LogP contribution in [0.4, 0.5) is 0 Å². The molecule has 7 nitrogen and oxygen atoms in total. The number of aryl methyl sites for hydroxylation is 1. The zero-order valence-electron chi connectivity index (χ0n) is 17.0. The van der Waals surface area contributed by atoms with Crippen molar-refractivity contribution < 1.29 is 14.3 Å². The number of rotatable bonds is 6. The Kier molecular flexibility index (Phi) is 7.39. The molecule has 1 unspecified atom stereocenters. The summed E-state index contributed by atoms with van der Waals surface area (Å²) in [6.45, 7) is 6.39. The van der Waals surface area contributed by atoms with Crippen LogP contribution in [0, 0.1) is 12.8 Å². The quantitative estimate of drug-likeness (QED) is 0.747. The van der Waals surface area contributed by atoms with Gasteiger partial charge in [-0.05, 0) is 51.3 Å². The summed E-state index contributed by atoms with van der Waals surface area (Å²) in [4.78, 5) is 33.8. The van der Waals surface area contributed by atoms with Gasteiger partial charge in [0.2, 0.25) is 5.91 Å². The normalized spacial score (nSPS) is 21.5. The zero-order chi connectivity index (χ0) is 19.9. The minimum atomic E-state index is 0.0586. The number of carbonyl (C=O) groups excluding carboxylic acids is 2. The molecule has 3 rings (SSSR count). The van der Waals surface area contributed by atoms with Crippen molar-refractivity contribution in [3.05, 3.63) is 29.6 Å². The SMILES string of the molecule is COCCNC(=O)C1CCCN(C2CCN(C(=O)c3cccnc3C)CC2)C1. The molecular weight excluding hydrogens is 356 g/mol. The third kappa shape index (κ3) is 5.08. The Morgan fingerprint density at radius 1 is 1.25 bits per heavy atom. The largest absolute Gasteiger partial charge is 0.383 e. The lowest BCUT2D eigenvalue weighted by Crippen LogP contribution is -2.51. The van der Waals surface area contributed by atoms with E-state index in [2.05, 4.69) is 15.2 Å². The molecule has 1 aromatic heterocycles. The van der Waals surface area contributed by atoms with Gasteiger partial charge in [-0.3, -0.25) is 19.5 Å². The lowest BCUT2D eigenvalue weighted by Gasteiger charge is -2.42. The van der Waals surface area contributed by atoms with Crippen LogP contribution in [0.15, 0.2) is 18.3 Å². The molecule has 28 heavy (non-hydrogen) atoms. The zero-order valence-corrected chi connectivity index (χ0v) is 17.0. The van der Waals surface area contributed by atoms with Crippen LogP contribution in [0.5, 0.6) is 0 Å². The summed E-state index contributed by atoms with van der Waals surface area (Å²) in [5, 5.41) is 2.97. The summed E-state index contributed by atoms with van der Waals surface area (Å²) in [6, 6.07) is 4.13. The van der Waals surface area contributed by atoms with E-state index in [-0.39, 0.29) is 17.7 Å². The summed E-state index contributed by atoms with van der Waals surface area (Å²) in [5.74, 6) is 0.280. The van der Waals surface area contributed by atoms with Gasteiger partial charge < -0.3 is 15.0 Å². The first kappa shape index (κ1) is 20.7. The van der Waals surface area contributed by atoms with Crippen LogP contribution in [0.25, 0.3) is 0 Å². The Bertz CT molecular complexity index is 673. The van der Waals surface area contributed by atoms with Crippen LogP contribution < -0.4 is 5.32 Å². The number of nitrogens with one attached hydrogen (secondary N) is 1. The Hall–Kier alpha value is -1.99. The number of methoxy groups -OCH3 is 1. The minimum absolute atomic E-state index is 0.0586. The van der Waals surface area contributed by atoms with Gasteiger partial charge in [-0.15, -0.1) is 0 Å². The van der Waals surface area contributed by atoms with Gasteiger partial charge in [-0.25, -0.2) is 0 Å². The van der Waals surface area contributed by atoms with E-state index < -0.39 is 0 Å². The Labute approximate surface area is 167 Å². The van der Waals surface area contributed by atoms with Crippen molar-refractivity contribution in [3.8, 4) is 0 Å². The molecule has 0 spiro atoms. The van der Waals surface area contributed by atoms with Gasteiger partial charge in [0.05, 0.1) is 18.1 Å². The van der Waals surface area contributed by atoms with Crippen molar-refractivity contribution in [1.29, 1.82) is 0 Å². The highest BCUT2D eigenvalue weighted by molar-refractivity contribution is 5.95. The standard InChI is InChI=1S/C21H32N4O3/c1-16-19(6-3-9-22-16)21(27)24-12-7-18(8-13-24)25-11-4-5-17(15-25)20(26)23-10-14-28-2/h3,6,9,17-18H,4-5,7-8,10-15H2,1-2H3,(H,23,26). The average Bonchev–Trinajstić information content (AvgIpc) is 2.74. The molecule has 2 fully saturated rings. The number of amides is 2. The molecule has 3 heterocycles. The third-order valence-corrected chi connectivity index (χ3v) is 5.93. The van der Waals surface area contributed by atoms with Gasteiger partial charge in [-0.2, -0.15) is 0 Å². The molecule has 2 aliphatic rings. The summed E-state index contributed by atoms with van der Waals surface area (Å²) >= 11 is 0. The number of carbonyl (C=O) groups is 2. The third-order valence-electron chi connectivity index (χ3n) is 5.93. The molecule has 1 atom stereocenters. The van der Waals surface area contributed by atoms with Crippen molar-refractivity contribution in [2.24, 2.45) is 5.92 Å². The van der Waals surface area contributed by atoms with Crippen LogP contribution in [-0.2, 0) is 9.53 Å². The average molecular weight is 389 g/mol. The second-order valence-corrected chi connectivity index (χ2v) is 7.78. The second kappa shape index (κ2) is 9.98. The van der Waals surface area contributed by atoms with E-state index in [4.69, 9.17) is 4.74 Å². The van der Waals surface area contributed by atoms with Crippen LogP contribution in [-0.4, -0.2) is 79.1 Å². The predicted octanol–water partition coefficient (Wildman–Crippen LogP) is 1.47. The maximum atomic E-state index is 12.8. The van der Waals surface area contributed by atoms with Crippen LogP contribution >= 0.6 is 0 Å². The Balaban J connectivity index is 1.49. The highest BCUT2D eigenvalue weighted by atomic mass is 16.5.